The standard InChI is InChI=1S/C28H21Cl2N3O4S2/c1-16-20(14-31)25(35)33(15-18-5-2-3-6-21(18)30)27(37)24(16)22(34)7-4-12-32-26(36)23(39-28(32)38)13-17-8-10-19(29)11-9-17/h2-3,5-6,8-11,13,37H,4,7,12,15H2,1H3/b23-13-. The van der Waals surface area contributed by atoms with Crippen LogP contribution in [0.15, 0.2) is 58.2 Å². The number of aromatic nitrogens is 1. The molecule has 1 aliphatic rings. The van der Waals surface area contributed by atoms with E-state index in [1.807, 2.05) is 6.07 Å². The number of aromatic hydroxyl groups is 1. The van der Waals surface area contributed by atoms with E-state index < -0.39 is 17.2 Å². The normalized spacial score (nSPS) is 14.2. The topological polar surface area (TPSA) is 103 Å². The summed E-state index contributed by atoms with van der Waals surface area (Å²) < 4.78 is 1.36. The SMILES string of the molecule is Cc1c(C(=O)CCCN2C(=O)/C(=C/c3ccc(Cl)cc3)SC2=S)c(O)n(Cc2ccccc2Cl)c(=O)c1C#N. The highest BCUT2D eigenvalue weighted by molar-refractivity contribution is 8.26. The van der Waals surface area contributed by atoms with Crippen molar-refractivity contribution >= 4 is 69.3 Å². The molecule has 39 heavy (non-hydrogen) atoms. The minimum Gasteiger partial charge on any atom is -0.494 e. The predicted molar refractivity (Wildman–Crippen MR) is 157 cm³/mol. The van der Waals surface area contributed by atoms with Crippen LogP contribution in [-0.2, 0) is 11.3 Å². The molecule has 0 aliphatic carbocycles. The van der Waals surface area contributed by atoms with Gasteiger partial charge in [0.1, 0.15) is 16.0 Å². The van der Waals surface area contributed by atoms with Crippen LogP contribution in [0, 0.1) is 18.3 Å². The molecule has 0 radical (unpaired) electrons. The number of amides is 1. The van der Waals surface area contributed by atoms with Crippen LogP contribution in [0.1, 0.15) is 45.5 Å². The van der Waals surface area contributed by atoms with Gasteiger partial charge in [0.15, 0.2) is 5.78 Å². The fourth-order valence-corrected chi connectivity index (χ4v) is 5.78. The summed E-state index contributed by atoms with van der Waals surface area (Å²) in [5, 5.41) is 21.5. The van der Waals surface area contributed by atoms with Crippen LogP contribution in [0.5, 0.6) is 5.88 Å². The number of Topliss-reactive ketones (excluding diaryl/α,β-unsaturated/α-hetero) is 1. The van der Waals surface area contributed by atoms with E-state index in [0.29, 0.717) is 24.8 Å². The Labute approximate surface area is 244 Å². The van der Waals surface area contributed by atoms with Gasteiger partial charge >= 0.3 is 0 Å². The van der Waals surface area contributed by atoms with Gasteiger partial charge in [-0.3, -0.25) is 23.9 Å². The second kappa shape index (κ2) is 12.2. The van der Waals surface area contributed by atoms with Gasteiger partial charge in [-0.15, -0.1) is 0 Å². The molecule has 4 rings (SSSR count). The molecule has 1 aromatic heterocycles. The van der Waals surface area contributed by atoms with Gasteiger partial charge < -0.3 is 5.11 Å². The van der Waals surface area contributed by atoms with Crippen molar-refractivity contribution in [2.45, 2.75) is 26.3 Å². The van der Waals surface area contributed by atoms with Crippen LogP contribution in [-0.4, -0.2) is 37.1 Å². The molecule has 1 amide bonds. The van der Waals surface area contributed by atoms with Crippen molar-refractivity contribution < 1.29 is 14.7 Å². The summed E-state index contributed by atoms with van der Waals surface area (Å²) in [4.78, 5) is 41.0. The molecule has 1 saturated heterocycles. The molecule has 1 aliphatic heterocycles. The van der Waals surface area contributed by atoms with Crippen LogP contribution in [0.25, 0.3) is 6.08 Å². The lowest BCUT2D eigenvalue weighted by atomic mass is 9.99. The summed E-state index contributed by atoms with van der Waals surface area (Å²) in [5.74, 6) is -1.25. The summed E-state index contributed by atoms with van der Waals surface area (Å²) in [7, 11) is 0. The maximum absolute atomic E-state index is 13.2. The zero-order chi connectivity index (χ0) is 28.3. The Morgan fingerprint density at radius 1 is 1.15 bits per heavy atom. The number of carbonyl (C=O) groups is 2. The molecule has 0 unspecified atom stereocenters. The van der Waals surface area contributed by atoms with Crippen LogP contribution < -0.4 is 5.56 Å². The van der Waals surface area contributed by atoms with Gasteiger partial charge in [-0.25, -0.2) is 0 Å². The molecule has 0 atom stereocenters. The van der Waals surface area contributed by atoms with E-state index >= 15 is 0 Å². The molecular weight excluding hydrogens is 577 g/mol. The summed E-state index contributed by atoms with van der Waals surface area (Å²) in [6, 6.07) is 15.7. The molecule has 7 nitrogen and oxygen atoms in total. The lowest BCUT2D eigenvalue weighted by Crippen LogP contribution is -2.30. The number of ketones is 1. The number of hydrogen-bond donors (Lipinski definition) is 1. The molecule has 11 heteroatoms. The van der Waals surface area contributed by atoms with Crippen LogP contribution in [0.2, 0.25) is 10.0 Å². The lowest BCUT2D eigenvalue weighted by Gasteiger charge is -2.17. The molecule has 0 spiro atoms. The fourth-order valence-electron chi connectivity index (χ4n) is 4.15. The van der Waals surface area contributed by atoms with E-state index in [4.69, 9.17) is 35.4 Å². The average molecular weight is 599 g/mol. The maximum atomic E-state index is 13.2. The first-order valence-corrected chi connectivity index (χ1v) is 13.7. The summed E-state index contributed by atoms with van der Waals surface area (Å²) >= 11 is 18.7. The second-order valence-electron chi connectivity index (χ2n) is 8.70. The van der Waals surface area contributed by atoms with E-state index in [1.165, 1.54) is 23.6 Å². The first-order chi connectivity index (χ1) is 18.6. The Morgan fingerprint density at radius 2 is 1.85 bits per heavy atom. The third-order valence-electron chi connectivity index (χ3n) is 6.19. The van der Waals surface area contributed by atoms with Crippen LogP contribution >= 0.6 is 47.2 Å². The molecule has 0 saturated carbocycles. The fraction of sp³-hybridized carbons (Fsp3) is 0.179. The second-order valence-corrected chi connectivity index (χ2v) is 11.2. The van der Waals surface area contributed by atoms with Crippen molar-refractivity contribution in [2.24, 2.45) is 0 Å². The Balaban J connectivity index is 1.51. The van der Waals surface area contributed by atoms with Gasteiger partial charge in [-0.05, 0) is 54.3 Å². The van der Waals surface area contributed by atoms with Crippen molar-refractivity contribution in [3.8, 4) is 11.9 Å². The monoisotopic (exact) mass is 597 g/mol. The van der Waals surface area contributed by atoms with Crippen molar-refractivity contribution in [2.75, 3.05) is 6.54 Å². The Bertz CT molecular complexity index is 1630. The number of thioether (sulfide) groups is 1. The van der Waals surface area contributed by atoms with Gasteiger partial charge in [-0.1, -0.05) is 77.5 Å². The minimum atomic E-state index is -0.714. The lowest BCUT2D eigenvalue weighted by molar-refractivity contribution is -0.122. The molecule has 198 valence electrons. The Morgan fingerprint density at radius 3 is 2.51 bits per heavy atom. The summed E-state index contributed by atoms with van der Waals surface area (Å²) in [6.07, 6.45) is 1.94. The number of halogens is 2. The van der Waals surface area contributed by atoms with E-state index in [1.54, 1.807) is 54.6 Å². The molecule has 2 heterocycles. The number of rotatable bonds is 8. The Hall–Kier alpha value is -3.42. The minimum absolute atomic E-state index is 0.0448. The molecule has 1 fully saturated rings. The largest absolute Gasteiger partial charge is 0.494 e. The highest BCUT2D eigenvalue weighted by Crippen LogP contribution is 2.33. The number of nitrogens with zero attached hydrogens (tertiary/aromatic N) is 3. The van der Waals surface area contributed by atoms with Crippen molar-refractivity contribution in [3.05, 3.63) is 102 Å². The number of nitriles is 1. The smallest absolute Gasteiger partial charge is 0.271 e. The zero-order valence-electron chi connectivity index (χ0n) is 20.6. The van der Waals surface area contributed by atoms with Crippen LogP contribution in [0.3, 0.4) is 0 Å². The van der Waals surface area contributed by atoms with Gasteiger partial charge in [0, 0.05) is 23.0 Å². The van der Waals surface area contributed by atoms with E-state index in [9.17, 15) is 24.8 Å². The van der Waals surface area contributed by atoms with E-state index in [-0.39, 0.29) is 48.5 Å². The van der Waals surface area contributed by atoms with Gasteiger partial charge in [0.2, 0.25) is 5.88 Å². The van der Waals surface area contributed by atoms with Crippen molar-refractivity contribution in [1.29, 1.82) is 5.26 Å². The number of carbonyl (C=O) groups excluding carboxylic acids is 2. The molecule has 0 bridgehead atoms. The number of hydrogen-bond acceptors (Lipinski definition) is 7. The highest BCUT2D eigenvalue weighted by Gasteiger charge is 2.32. The number of benzene rings is 2. The zero-order valence-corrected chi connectivity index (χ0v) is 23.8. The average Bonchev–Trinajstić information content (AvgIpc) is 3.16. The predicted octanol–water partition coefficient (Wildman–Crippen LogP) is 5.95. The van der Waals surface area contributed by atoms with Gasteiger partial charge in [0.25, 0.3) is 11.5 Å². The van der Waals surface area contributed by atoms with Gasteiger partial charge in [-0.2, -0.15) is 5.26 Å². The first kappa shape index (κ1) is 28.6. The van der Waals surface area contributed by atoms with Crippen molar-refractivity contribution in [3.63, 3.8) is 0 Å². The molecule has 2 aromatic carbocycles. The number of pyridine rings is 1. The Kier molecular flexibility index (Phi) is 8.93. The highest BCUT2D eigenvalue weighted by atomic mass is 35.5. The van der Waals surface area contributed by atoms with Crippen LogP contribution in [0.4, 0.5) is 0 Å². The maximum Gasteiger partial charge on any atom is 0.271 e. The third-order valence-corrected chi connectivity index (χ3v) is 8.19. The van der Waals surface area contributed by atoms with E-state index in [2.05, 4.69) is 0 Å². The number of thiocarbonyl (C=S) groups is 1. The van der Waals surface area contributed by atoms with E-state index in [0.717, 1.165) is 10.1 Å². The molecule has 3 aromatic rings. The summed E-state index contributed by atoms with van der Waals surface area (Å²) in [6.45, 7) is 1.53. The van der Waals surface area contributed by atoms with Gasteiger partial charge in [0.05, 0.1) is 17.0 Å². The molecule has 1 N–H and O–H groups in total. The summed E-state index contributed by atoms with van der Waals surface area (Å²) in [5.41, 5.74) is 0.412. The first-order valence-electron chi connectivity index (χ1n) is 11.8. The quantitative estimate of drug-likeness (QED) is 0.194. The van der Waals surface area contributed by atoms with Crippen molar-refractivity contribution in [1.82, 2.24) is 9.47 Å². The molecular formula is C28H21Cl2N3O4S2. The third kappa shape index (κ3) is 6.10.